The van der Waals surface area contributed by atoms with Crippen LogP contribution in [-0.2, 0) is 50.6 Å². The van der Waals surface area contributed by atoms with E-state index in [1.165, 1.54) is 24.8 Å². The van der Waals surface area contributed by atoms with Crippen LogP contribution < -0.4 is 15.4 Å². The largest absolute Gasteiger partial charge is 0.510 e. The molecule has 0 aliphatic carbocycles. The van der Waals surface area contributed by atoms with Crippen LogP contribution in [0.25, 0.3) is 0 Å². The van der Waals surface area contributed by atoms with Gasteiger partial charge in [0, 0.05) is 45.8 Å². The Morgan fingerprint density at radius 1 is 1.08 bits per heavy atom. The summed E-state index contributed by atoms with van der Waals surface area (Å²) in [6.45, 7) is 1.22. The molecule has 0 fully saturated rings. The van der Waals surface area contributed by atoms with Gasteiger partial charge in [0.2, 0.25) is 5.91 Å². The number of carbonyl (C=O) groups is 1. The summed E-state index contributed by atoms with van der Waals surface area (Å²) in [5, 5.41) is 5.91. The Morgan fingerprint density at radius 3 is 2.25 bits per heavy atom. The van der Waals surface area contributed by atoms with Gasteiger partial charge in [0.25, 0.3) is 0 Å². The molecule has 1 radical (unpaired) electrons. The summed E-state index contributed by atoms with van der Waals surface area (Å²) in [7, 11) is 3.38. The molecule has 0 heterocycles. The third-order valence-electron chi connectivity index (χ3n) is 3.38. The third-order valence-corrected chi connectivity index (χ3v) is 3.38. The first-order chi connectivity index (χ1) is 11.2. The van der Waals surface area contributed by atoms with Crippen molar-refractivity contribution in [1.29, 1.82) is 0 Å². The van der Waals surface area contributed by atoms with E-state index < -0.39 is 0 Å². The first-order valence-corrected chi connectivity index (χ1v) is 7.24. The quantitative estimate of drug-likeness (QED) is 0.696. The summed E-state index contributed by atoms with van der Waals surface area (Å²) in [6.07, 6.45) is 1.77. The average molecular weight is 400 g/mol. The van der Waals surface area contributed by atoms with Crippen LogP contribution in [0, 0.1) is 0 Å². The summed E-state index contributed by atoms with van der Waals surface area (Å²) in [4.78, 5) is 23.0. The Bertz CT molecular complexity index is 687. The van der Waals surface area contributed by atoms with Gasteiger partial charge in [0.05, 0.1) is 19.1 Å². The van der Waals surface area contributed by atoms with E-state index in [0.29, 0.717) is 17.9 Å². The van der Waals surface area contributed by atoms with Gasteiger partial charge in [-0.2, -0.15) is 0 Å². The van der Waals surface area contributed by atoms with E-state index >= 15 is 0 Å². The second kappa shape index (κ2) is 10.3. The fraction of sp³-hybridized carbons (Fsp3) is 0.222. The summed E-state index contributed by atoms with van der Waals surface area (Å²) in [5.74, 6) is 0.187. The fourth-order valence-electron chi connectivity index (χ4n) is 2.17. The SMILES string of the molecule is CNCc1ccc(CNC(=O)c2cc([C-]=O)cc(OC)c2)cc1.[Y]. The van der Waals surface area contributed by atoms with Crippen molar-refractivity contribution in [2.75, 3.05) is 14.2 Å². The molecule has 2 rings (SSSR count). The standard InChI is InChI=1S/C18H19N2O3.Y/c1-19-10-13-3-5-14(6-4-13)11-20-18(22)16-7-15(12-21)8-17(9-16)23-2;/h3-9,19H,10-11H2,1-2H3,(H,20,22);/q-1;. The van der Waals surface area contributed by atoms with Gasteiger partial charge in [-0.3, -0.25) is 4.79 Å². The van der Waals surface area contributed by atoms with E-state index in [-0.39, 0.29) is 44.2 Å². The predicted molar refractivity (Wildman–Crippen MR) is 88.2 cm³/mol. The maximum atomic E-state index is 12.2. The van der Waals surface area contributed by atoms with Gasteiger partial charge in [-0.25, -0.2) is 0 Å². The first-order valence-electron chi connectivity index (χ1n) is 7.24. The van der Waals surface area contributed by atoms with E-state index in [0.717, 1.165) is 12.1 Å². The predicted octanol–water partition coefficient (Wildman–Crippen LogP) is 1.80. The number of ether oxygens (including phenoxy) is 1. The molecule has 6 heteroatoms. The van der Waals surface area contributed by atoms with Crippen molar-refractivity contribution in [2.24, 2.45) is 0 Å². The number of amides is 1. The molecule has 0 saturated heterocycles. The minimum atomic E-state index is -0.264. The van der Waals surface area contributed by atoms with Gasteiger partial charge in [-0.15, -0.1) is 17.7 Å². The van der Waals surface area contributed by atoms with E-state index in [4.69, 9.17) is 4.74 Å². The van der Waals surface area contributed by atoms with Crippen molar-refractivity contribution in [2.45, 2.75) is 13.1 Å². The zero-order chi connectivity index (χ0) is 16.7. The van der Waals surface area contributed by atoms with Crippen molar-refractivity contribution in [1.82, 2.24) is 10.6 Å². The Labute approximate surface area is 167 Å². The number of methoxy groups -OCH3 is 1. The maximum absolute atomic E-state index is 12.2. The van der Waals surface area contributed by atoms with Gasteiger partial charge in [0.15, 0.2) is 0 Å². The zero-order valence-electron chi connectivity index (χ0n) is 13.8. The Morgan fingerprint density at radius 2 is 1.71 bits per heavy atom. The minimum absolute atomic E-state index is 0. The molecule has 5 nitrogen and oxygen atoms in total. The molecule has 2 aromatic rings. The van der Waals surface area contributed by atoms with E-state index in [1.54, 1.807) is 12.4 Å². The van der Waals surface area contributed by atoms with Crippen LogP contribution in [0.15, 0.2) is 42.5 Å². The molecule has 0 aromatic heterocycles. The number of carbonyl (C=O) groups excluding carboxylic acids is 2. The Balaban J connectivity index is 0.00000288. The average Bonchev–Trinajstić information content (AvgIpc) is 2.60. The topological polar surface area (TPSA) is 67.4 Å². The minimum Gasteiger partial charge on any atom is -0.510 e. The molecule has 2 aromatic carbocycles. The zero-order valence-corrected chi connectivity index (χ0v) is 16.6. The molecule has 1 amide bonds. The van der Waals surface area contributed by atoms with Crippen LogP contribution in [0.4, 0.5) is 0 Å². The van der Waals surface area contributed by atoms with Crippen LogP contribution >= 0.6 is 0 Å². The van der Waals surface area contributed by atoms with Gasteiger partial charge in [-0.05, 0) is 29.8 Å². The first kappa shape index (κ1) is 20.5. The van der Waals surface area contributed by atoms with E-state index in [9.17, 15) is 9.59 Å². The molecule has 0 unspecified atom stereocenters. The molecule has 0 spiro atoms. The molecule has 0 saturated carbocycles. The normalized spacial score (nSPS) is 9.75. The fourth-order valence-corrected chi connectivity index (χ4v) is 2.17. The number of hydrogen-bond donors (Lipinski definition) is 2. The molecular formula is C18H19N2O3Y-. The molecule has 24 heavy (non-hydrogen) atoms. The molecular weight excluding hydrogens is 381 g/mol. The van der Waals surface area contributed by atoms with Crippen LogP contribution in [0.3, 0.4) is 0 Å². The van der Waals surface area contributed by atoms with Crippen LogP contribution in [0.5, 0.6) is 5.75 Å². The molecule has 2 N–H and O–H groups in total. The Kier molecular flexibility index (Phi) is 8.83. The summed E-state index contributed by atoms with van der Waals surface area (Å²) in [6, 6.07) is 12.6. The number of benzene rings is 2. The molecule has 0 aliphatic rings. The van der Waals surface area contributed by atoms with E-state index in [2.05, 4.69) is 10.6 Å². The third kappa shape index (κ3) is 5.82. The van der Waals surface area contributed by atoms with E-state index in [1.807, 2.05) is 31.3 Å². The van der Waals surface area contributed by atoms with Crippen molar-refractivity contribution >= 4 is 12.2 Å². The van der Waals surface area contributed by atoms with Crippen molar-refractivity contribution < 1.29 is 47.0 Å². The molecule has 0 atom stereocenters. The number of rotatable bonds is 7. The van der Waals surface area contributed by atoms with Gasteiger partial charge in [0.1, 0.15) is 0 Å². The molecule has 0 aliphatic heterocycles. The Hall–Kier alpha value is -1.56. The van der Waals surface area contributed by atoms with Gasteiger partial charge >= 0.3 is 0 Å². The van der Waals surface area contributed by atoms with Crippen molar-refractivity contribution in [3.63, 3.8) is 0 Å². The second-order valence-electron chi connectivity index (χ2n) is 5.08. The van der Waals surface area contributed by atoms with Crippen LogP contribution in [-0.4, -0.2) is 26.4 Å². The molecule has 0 bridgehead atoms. The molecule has 123 valence electrons. The van der Waals surface area contributed by atoms with Crippen LogP contribution in [0.2, 0.25) is 0 Å². The van der Waals surface area contributed by atoms with Gasteiger partial charge < -0.3 is 20.2 Å². The maximum Gasteiger partial charge on any atom is 0.239 e. The number of nitrogens with one attached hydrogen (secondary N) is 2. The monoisotopic (exact) mass is 400 g/mol. The van der Waals surface area contributed by atoms with Crippen molar-refractivity contribution in [3.8, 4) is 5.75 Å². The van der Waals surface area contributed by atoms with Gasteiger partial charge in [-0.1, -0.05) is 24.3 Å². The number of hydrogen-bond acceptors (Lipinski definition) is 4. The second-order valence-corrected chi connectivity index (χ2v) is 5.08. The van der Waals surface area contributed by atoms with Crippen molar-refractivity contribution in [3.05, 3.63) is 64.7 Å². The smallest absolute Gasteiger partial charge is 0.239 e. The summed E-state index contributed by atoms with van der Waals surface area (Å²) in [5.41, 5.74) is 2.84. The van der Waals surface area contributed by atoms with Crippen LogP contribution in [0.1, 0.15) is 27.0 Å². The summed E-state index contributed by atoms with van der Waals surface area (Å²) < 4.78 is 5.08. The summed E-state index contributed by atoms with van der Waals surface area (Å²) >= 11 is 0.